The van der Waals surface area contributed by atoms with Crippen LogP contribution in [0.3, 0.4) is 0 Å². The fourth-order valence-corrected chi connectivity index (χ4v) is 3.73. The first-order chi connectivity index (χ1) is 13.0. The largest absolute Gasteiger partial charge is 0.319 e. The van der Waals surface area contributed by atoms with Crippen molar-refractivity contribution in [1.82, 2.24) is 15.0 Å². The fourth-order valence-electron chi connectivity index (χ4n) is 2.56. The van der Waals surface area contributed by atoms with E-state index >= 15 is 0 Å². The Balaban J connectivity index is 1.63. The molecule has 8 heteroatoms. The van der Waals surface area contributed by atoms with Crippen LogP contribution >= 0.6 is 35.0 Å². The summed E-state index contributed by atoms with van der Waals surface area (Å²) < 4.78 is 2.09. The molecule has 1 heterocycles. The summed E-state index contributed by atoms with van der Waals surface area (Å²) >= 11 is 13.3. The zero-order chi connectivity index (χ0) is 19.4. The van der Waals surface area contributed by atoms with Gasteiger partial charge in [-0.2, -0.15) is 5.10 Å². The van der Waals surface area contributed by atoms with Crippen molar-refractivity contribution in [2.24, 2.45) is 5.10 Å². The number of amides is 1. The van der Waals surface area contributed by atoms with E-state index in [1.807, 2.05) is 24.3 Å². The molecule has 27 heavy (non-hydrogen) atoms. The van der Waals surface area contributed by atoms with Gasteiger partial charge < -0.3 is 4.57 Å². The van der Waals surface area contributed by atoms with Gasteiger partial charge >= 0.3 is 0 Å². The second-order valence-corrected chi connectivity index (χ2v) is 7.53. The number of hydrogen-bond acceptors (Lipinski definition) is 4. The van der Waals surface area contributed by atoms with Crippen molar-refractivity contribution in [3.63, 3.8) is 0 Å². The normalized spacial score (nSPS) is 11.8. The van der Waals surface area contributed by atoms with Crippen LogP contribution in [0.2, 0.25) is 10.0 Å². The van der Waals surface area contributed by atoms with Crippen molar-refractivity contribution in [3.05, 3.63) is 58.1 Å². The number of carbonyl (C=O) groups excluding carboxylic acids is 1. The highest BCUT2D eigenvalue weighted by Crippen LogP contribution is 2.24. The van der Waals surface area contributed by atoms with E-state index in [4.69, 9.17) is 23.2 Å². The van der Waals surface area contributed by atoms with Crippen LogP contribution in [0.1, 0.15) is 19.4 Å². The van der Waals surface area contributed by atoms with E-state index in [1.54, 1.807) is 25.1 Å². The van der Waals surface area contributed by atoms with Crippen molar-refractivity contribution in [2.75, 3.05) is 5.75 Å². The molecule has 3 rings (SSSR count). The van der Waals surface area contributed by atoms with Gasteiger partial charge in [-0.15, -0.1) is 0 Å². The Labute approximate surface area is 171 Å². The minimum Gasteiger partial charge on any atom is -0.319 e. The molecule has 0 spiro atoms. The highest BCUT2D eigenvalue weighted by molar-refractivity contribution is 7.99. The number of halogens is 2. The van der Waals surface area contributed by atoms with Gasteiger partial charge in [-0.1, -0.05) is 53.2 Å². The molecule has 0 unspecified atom stereocenters. The average Bonchev–Trinajstić information content (AvgIpc) is 3.04. The van der Waals surface area contributed by atoms with Gasteiger partial charge in [0.2, 0.25) is 0 Å². The minimum atomic E-state index is -0.200. The summed E-state index contributed by atoms with van der Waals surface area (Å²) in [5.41, 5.74) is 6.01. The SMILES string of the molecule is CCn1c(SCC(=O)NN=C(C)c2ccc(Cl)c(Cl)c2)nc2ccccc21. The summed E-state index contributed by atoms with van der Waals surface area (Å²) in [6, 6.07) is 13.2. The second kappa shape index (κ2) is 8.78. The molecule has 0 aliphatic carbocycles. The first-order valence-electron chi connectivity index (χ1n) is 8.36. The van der Waals surface area contributed by atoms with E-state index < -0.39 is 0 Å². The third-order valence-electron chi connectivity index (χ3n) is 3.95. The first-order valence-corrected chi connectivity index (χ1v) is 10.1. The summed E-state index contributed by atoms with van der Waals surface area (Å²) in [6.45, 7) is 4.64. The lowest BCUT2D eigenvalue weighted by Crippen LogP contribution is -2.21. The third kappa shape index (κ3) is 4.64. The smallest absolute Gasteiger partial charge is 0.250 e. The Morgan fingerprint density at radius 3 is 2.74 bits per heavy atom. The number of nitrogens with one attached hydrogen (secondary N) is 1. The van der Waals surface area contributed by atoms with Crippen LogP contribution in [-0.2, 0) is 11.3 Å². The number of rotatable bonds is 6. The van der Waals surface area contributed by atoms with Crippen LogP contribution in [0.5, 0.6) is 0 Å². The van der Waals surface area contributed by atoms with Crippen molar-refractivity contribution >= 4 is 57.6 Å². The van der Waals surface area contributed by atoms with Crippen LogP contribution in [0.15, 0.2) is 52.7 Å². The number of para-hydroxylation sites is 2. The van der Waals surface area contributed by atoms with Crippen molar-refractivity contribution in [1.29, 1.82) is 0 Å². The molecule has 2 aromatic carbocycles. The molecule has 0 aliphatic rings. The molecule has 0 bridgehead atoms. The number of aryl methyl sites for hydroxylation is 1. The molecule has 0 saturated heterocycles. The summed E-state index contributed by atoms with van der Waals surface area (Å²) in [6.07, 6.45) is 0. The van der Waals surface area contributed by atoms with Crippen LogP contribution < -0.4 is 5.43 Å². The molecule has 140 valence electrons. The summed E-state index contributed by atoms with van der Waals surface area (Å²) in [4.78, 5) is 16.8. The van der Waals surface area contributed by atoms with Gasteiger partial charge in [-0.25, -0.2) is 10.4 Å². The molecule has 0 atom stereocenters. The van der Waals surface area contributed by atoms with Crippen molar-refractivity contribution < 1.29 is 4.79 Å². The van der Waals surface area contributed by atoms with E-state index in [2.05, 4.69) is 27.0 Å². The van der Waals surface area contributed by atoms with Crippen LogP contribution in [-0.4, -0.2) is 26.9 Å². The van der Waals surface area contributed by atoms with E-state index in [9.17, 15) is 4.79 Å². The zero-order valence-electron chi connectivity index (χ0n) is 14.9. The first kappa shape index (κ1) is 19.7. The third-order valence-corrected chi connectivity index (χ3v) is 5.67. The molecule has 0 saturated carbocycles. The van der Waals surface area contributed by atoms with Crippen molar-refractivity contribution in [3.8, 4) is 0 Å². The van der Waals surface area contributed by atoms with E-state index in [1.165, 1.54) is 11.8 Å². The predicted molar refractivity (Wildman–Crippen MR) is 113 cm³/mol. The molecule has 1 aromatic heterocycles. The van der Waals surface area contributed by atoms with Gasteiger partial charge in [0, 0.05) is 6.54 Å². The molecule has 1 amide bonds. The maximum Gasteiger partial charge on any atom is 0.250 e. The Morgan fingerprint density at radius 1 is 1.22 bits per heavy atom. The predicted octanol–water partition coefficient (Wildman–Crippen LogP) is 5.00. The topological polar surface area (TPSA) is 59.3 Å². The fraction of sp³-hybridized carbons (Fsp3) is 0.211. The number of imidazole rings is 1. The van der Waals surface area contributed by atoms with Gasteiger partial charge in [-0.05, 0) is 43.7 Å². The molecule has 1 N–H and O–H groups in total. The maximum absolute atomic E-state index is 12.2. The number of fused-ring (bicyclic) bond motifs is 1. The minimum absolute atomic E-state index is 0.200. The Morgan fingerprint density at radius 2 is 2.00 bits per heavy atom. The molecular formula is C19H18Cl2N4OS. The summed E-state index contributed by atoms with van der Waals surface area (Å²) in [5.74, 6) is 0.0238. The highest BCUT2D eigenvalue weighted by Gasteiger charge is 2.11. The van der Waals surface area contributed by atoms with Gasteiger partial charge in [0.05, 0.1) is 32.5 Å². The van der Waals surface area contributed by atoms with Gasteiger partial charge in [0.15, 0.2) is 5.16 Å². The number of aromatic nitrogens is 2. The standard InChI is InChI=1S/C19H18Cl2N4OS/c1-3-25-17-7-5-4-6-16(17)22-19(25)27-11-18(26)24-23-12(2)13-8-9-14(20)15(21)10-13/h4-10H,3,11H2,1-2H3,(H,24,26). The van der Waals surface area contributed by atoms with E-state index in [0.717, 1.165) is 28.3 Å². The highest BCUT2D eigenvalue weighted by atomic mass is 35.5. The lowest BCUT2D eigenvalue weighted by molar-refractivity contribution is -0.118. The summed E-state index contributed by atoms with van der Waals surface area (Å²) in [7, 11) is 0. The molecule has 5 nitrogen and oxygen atoms in total. The summed E-state index contributed by atoms with van der Waals surface area (Å²) in [5, 5.41) is 5.88. The molecule has 0 aliphatic heterocycles. The second-order valence-electron chi connectivity index (χ2n) is 5.78. The quantitative estimate of drug-likeness (QED) is 0.346. The average molecular weight is 421 g/mol. The lowest BCUT2D eigenvalue weighted by atomic mass is 10.1. The Hall–Kier alpha value is -2.02. The molecule has 0 fully saturated rings. The van der Waals surface area contributed by atoms with Gasteiger partial charge in [0.25, 0.3) is 5.91 Å². The number of hydrazone groups is 1. The van der Waals surface area contributed by atoms with Crippen molar-refractivity contribution in [2.45, 2.75) is 25.5 Å². The van der Waals surface area contributed by atoms with Gasteiger partial charge in [-0.3, -0.25) is 4.79 Å². The maximum atomic E-state index is 12.2. The zero-order valence-corrected chi connectivity index (χ0v) is 17.2. The van der Waals surface area contributed by atoms with Crippen LogP contribution in [0.4, 0.5) is 0 Å². The Bertz CT molecular complexity index is 1020. The van der Waals surface area contributed by atoms with E-state index in [0.29, 0.717) is 15.8 Å². The molecular weight excluding hydrogens is 403 g/mol. The number of thioether (sulfide) groups is 1. The number of hydrogen-bond donors (Lipinski definition) is 1. The number of benzene rings is 2. The Kier molecular flexibility index (Phi) is 6.42. The molecule has 0 radical (unpaired) electrons. The lowest BCUT2D eigenvalue weighted by Gasteiger charge is -2.06. The number of carbonyl (C=O) groups is 1. The van der Waals surface area contributed by atoms with Gasteiger partial charge in [0.1, 0.15) is 0 Å². The molecule has 3 aromatic rings. The number of nitrogens with zero attached hydrogens (tertiary/aromatic N) is 3. The van der Waals surface area contributed by atoms with Crippen LogP contribution in [0.25, 0.3) is 11.0 Å². The monoisotopic (exact) mass is 420 g/mol. The van der Waals surface area contributed by atoms with Crippen LogP contribution in [0, 0.1) is 0 Å². The van der Waals surface area contributed by atoms with E-state index in [-0.39, 0.29) is 11.7 Å².